The summed E-state index contributed by atoms with van der Waals surface area (Å²) in [5.74, 6) is 0.213. The van der Waals surface area contributed by atoms with Crippen molar-refractivity contribution in [1.29, 1.82) is 0 Å². The third-order valence-corrected chi connectivity index (χ3v) is 4.96. The minimum Gasteiger partial charge on any atom is -0.337 e. The van der Waals surface area contributed by atoms with Crippen LogP contribution in [0.1, 0.15) is 12.0 Å². The molecule has 1 aliphatic rings. The summed E-state index contributed by atoms with van der Waals surface area (Å²) < 4.78 is 29.0. The topological polar surface area (TPSA) is 78.8 Å². The second kappa shape index (κ2) is 6.45. The summed E-state index contributed by atoms with van der Waals surface area (Å²) in [4.78, 5) is 13.6. The smallest absolute Gasteiger partial charge is 0.327 e. The first-order valence-electron chi connectivity index (χ1n) is 7.51. The number of hydrogen-bond donors (Lipinski definition) is 1. The molecule has 0 bridgehead atoms. The van der Waals surface area contributed by atoms with Gasteiger partial charge in [-0.1, -0.05) is 35.9 Å². The predicted molar refractivity (Wildman–Crippen MR) is 92.7 cm³/mol. The number of benzene rings is 2. The third-order valence-electron chi connectivity index (χ3n) is 3.64. The van der Waals surface area contributed by atoms with Crippen molar-refractivity contribution in [3.63, 3.8) is 0 Å². The zero-order chi connectivity index (χ0) is 17.2. The van der Waals surface area contributed by atoms with Crippen molar-refractivity contribution in [2.24, 2.45) is 4.40 Å². The average molecular weight is 343 g/mol. The van der Waals surface area contributed by atoms with Gasteiger partial charge in [0.2, 0.25) is 0 Å². The molecule has 0 spiro atoms. The molecule has 7 heteroatoms. The van der Waals surface area contributed by atoms with E-state index in [1.165, 1.54) is 17.0 Å². The maximum atomic E-state index is 12.5. The van der Waals surface area contributed by atoms with Crippen LogP contribution in [-0.2, 0) is 10.0 Å². The van der Waals surface area contributed by atoms with Crippen LogP contribution in [0.2, 0.25) is 0 Å². The van der Waals surface area contributed by atoms with Gasteiger partial charge in [0.05, 0.1) is 10.6 Å². The molecular weight excluding hydrogens is 326 g/mol. The molecule has 6 nitrogen and oxygen atoms in total. The minimum absolute atomic E-state index is 0.111. The molecule has 1 heterocycles. The zero-order valence-electron chi connectivity index (χ0n) is 13.1. The van der Waals surface area contributed by atoms with Crippen molar-refractivity contribution in [2.75, 3.05) is 11.4 Å². The molecule has 0 aliphatic carbocycles. The fourth-order valence-electron chi connectivity index (χ4n) is 2.42. The molecule has 0 radical (unpaired) electrons. The van der Waals surface area contributed by atoms with Crippen LogP contribution < -0.4 is 10.2 Å². The highest BCUT2D eigenvalue weighted by atomic mass is 32.2. The molecule has 0 saturated carbocycles. The molecule has 2 amide bonds. The molecule has 0 aromatic heterocycles. The van der Waals surface area contributed by atoms with Gasteiger partial charge < -0.3 is 5.32 Å². The summed E-state index contributed by atoms with van der Waals surface area (Å²) in [6, 6.07) is 14.9. The summed E-state index contributed by atoms with van der Waals surface area (Å²) in [6.45, 7) is 2.23. The van der Waals surface area contributed by atoms with Crippen LogP contribution in [0.25, 0.3) is 0 Å². The number of rotatable bonds is 3. The van der Waals surface area contributed by atoms with Gasteiger partial charge in [-0.05, 0) is 31.2 Å². The van der Waals surface area contributed by atoms with Gasteiger partial charge in [-0.15, -0.1) is 4.40 Å². The van der Waals surface area contributed by atoms with E-state index in [2.05, 4.69) is 9.71 Å². The Balaban J connectivity index is 2.02. The van der Waals surface area contributed by atoms with E-state index in [1.807, 2.05) is 13.0 Å². The fourth-order valence-corrected chi connectivity index (χ4v) is 3.46. The predicted octanol–water partition coefficient (Wildman–Crippen LogP) is 2.70. The molecule has 124 valence electrons. The van der Waals surface area contributed by atoms with E-state index in [-0.39, 0.29) is 16.8 Å². The van der Waals surface area contributed by atoms with Gasteiger partial charge in [0.25, 0.3) is 10.0 Å². The number of aryl methyl sites for hydroxylation is 1. The molecule has 1 fully saturated rings. The van der Waals surface area contributed by atoms with Crippen LogP contribution in [0, 0.1) is 6.92 Å². The van der Waals surface area contributed by atoms with Crippen molar-refractivity contribution in [2.45, 2.75) is 18.2 Å². The fraction of sp³-hybridized carbons (Fsp3) is 0.176. The van der Waals surface area contributed by atoms with E-state index in [9.17, 15) is 13.2 Å². The van der Waals surface area contributed by atoms with Crippen LogP contribution in [0.3, 0.4) is 0 Å². The standard InChI is InChI=1S/C17H17N3O3S/c1-13-7-9-15(10-8-13)24(22,23)19-16-11-12-18-17(21)20(16)14-5-3-2-4-6-14/h2-10H,11-12H2,1H3,(H,18,21). The quantitative estimate of drug-likeness (QED) is 0.930. The molecule has 0 atom stereocenters. The van der Waals surface area contributed by atoms with E-state index in [0.717, 1.165) is 5.56 Å². The lowest BCUT2D eigenvalue weighted by Gasteiger charge is -2.28. The summed E-state index contributed by atoms with van der Waals surface area (Å²) >= 11 is 0. The highest BCUT2D eigenvalue weighted by molar-refractivity contribution is 7.90. The Morgan fingerprint density at radius 1 is 1.04 bits per heavy atom. The van der Waals surface area contributed by atoms with Gasteiger partial charge in [-0.25, -0.2) is 9.69 Å². The van der Waals surface area contributed by atoms with E-state index in [4.69, 9.17) is 0 Å². The molecule has 24 heavy (non-hydrogen) atoms. The van der Waals surface area contributed by atoms with Gasteiger partial charge >= 0.3 is 6.03 Å². The van der Waals surface area contributed by atoms with Crippen LogP contribution >= 0.6 is 0 Å². The van der Waals surface area contributed by atoms with E-state index in [1.54, 1.807) is 36.4 Å². The number of carbonyl (C=O) groups excluding carboxylic acids is 1. The SMILES string of the molecule is Cc1ccc(S(=O)(=O)N=C2CCNC(=O)N2c2ccccc2)cc1. The van der Waals surface area contributed by atoms with Crippen LogP contribution in [0.4, 0.5) is 10.5 Å². The Hall–Kier alpha value is -2.67. The Labute approximate surface area is 140 Å². The number of nitrogens with one attached hydrogen (secondary N) is 1. The van der Waals surface area contributed by atoms with Gasteiger partial charge in [-0.3, -0.25) is 0 Å². The Bertz CT molecular complexity index is 875. The van der Waals surface area contributed by atoms with Crippen molar-refractivity contribution in [3.8, 4) is 0 Å². The first-order valence-corrected chi connectivity index (χ1v) is 8.95. The highest BCUT2D eigenvalue weighted by Crippen LogP contribution is 2.20. The van der Waals surface area contributed by atoms with E-state index < -0.39 is 10.0 Å². The number of para-hydroxylation sites is 1. The van der Waals surface area contributed by atoms with Crippen molar-refractivity contribution >= 4 is 27.6 Å². The summed E-state index contributed by atoms with van der Waals surface area (Å²) in [5.41, 5.74) is 1.54. The molecule has 2 aromatic rings. The number of anilines is 1. The first-order chi connectivity index (χ1) is 11.5. The average Bonchev–Trinajstić information content (AvgIpc) is 2.56. The van der Waals surface area contributed by atoms with Crippen molar-refractivity contribution < 1.29 is 13.2 Å². The number of nitrogens with zero attached hydrogens (tertiary/aromatic N) is 2. The molecule has 2 aromatic carbocycles. The number of urea groups is 1. The van der Waals surface area contributed by atoms with Crippen molar-refractivity contribution in [3.05, 3.63) is 60.2 Å². The highest BCUT2D eigenvalue weighted by Gasteiger charge is 2.28. The van der Waals surface area contributed by atoms with Crippen LogP contribution in [0.5, 0.6) is 0 Å². The Morgan fingerprint density at radius 3 is 2.38 bits per heavy atom. The molecule has 0 unspecified atom stereocenters. The molecule has 3 rings (SSSR count). The Morgan fingerprint density at radius 2 is 1.71 bits per heavy atom. The molecule has 1 aliphatic heterocycles. The summed E-state index contributed by atoms with van der Waals surface area (Å²) in [7, 11) is -3.87. The lowest BCUT2D eigenvalue weighted by Crippen LogP contribution is -2.50. The lowest BCUT2D eigenvalue weighted by atomic mass is 10.2. The monoisotopic (exact) mass is 343 g/mol. The normalized spacial score (nSPS) is 17.0. The van der Waals surface area contributed by atoms with Gasteiger partial charge in [0, 0.05) is 13.0 Å². The number of amides is 2. The van der Waals surface area contributed by atoms with Gasteiger partial charge in [-0.2, -0.15) is 8.42 Å². The first kappa shape index (κ1) is 16.2. The van der Waals surface area contributed by atoms with Gasteiger partial charge in [0.15, 0.2) is 0 Å². The van der Waals surface area contributed by atoms with E-state index >= 15 is 0 Å². The third kappa shape index (κ3) is 3.30. The lowest BCUT2D eigenvalue weighted by molar-refractivity contribution is 0.248. The molecule has 1 N–H and O–H groups in total. The molecular formula is C17H17N3O3S. The molecule has 1 saturated heterocycles. The largest absolute Gasteiger partial charge is 0.337 e. The second-order valence-corrected chi connectivity index (χ2v) is 7.05. The summed E-state index contributed by atoms with van der Waals surface area (Å²) in [6.07, 6.45) is 0.339. The minimum atomic E-state index is -3.87. The number of carbonyl (C=O) groups is 1. The van der Waals surface area contributed by atoms with Gasteiger partial charge in [0.1, 0.15) is 5.84 Å². The Kier molecular flexibility index (Phi) is 4.35. The van der Waals surface area contributed by atoms with Crippen LogP contribution in [-0.4, -0.2) is 26.8 Å². The van der Waals surface area contributed by atoms with Crippen molar-refractivity contribution in [1.82, 2.24) is 5.32 Å². The zero-order valence-corrected chi connectivity index (χ0v) is 14.0. The van der Waals surface area contributed by atoms with E-state index in [0.29, 0.717) is 18.7 Å². The number of amidine groups is 1. The van der Waals surface area contributed by atoms with Crippen LogP contribution in [0.15, 0.2) is 63.9 Å². The second-order valence-electron chi connectivity index (χ2n) is 5.45. The maximum Gasteiger partial charge on any atom is 0.327 e. The number of hydrogen-bond acceptors (Lipinski definition) is 3. The number of sulfonamides is 1. The summed E-state index contributed by atoms with van der Waals surface area (Å²) in [5, 5.41) is 2.70. The maximum absolute atomic E-state index is 12.5.